The van der Waals surface area contributed by atoms with Crippen LogP contribution in [0.4, 0.5) is 0 Å². The van der Waals surface area contributed by atoms with Crippen LogP contribution in [0.15, 0.2) is 24.3 Å². The number of ether oxygens (including phenoxy) is 1. The zero-order chi connectivity index (χ0) is 13.2. The van der Waals surface area contributed by atoms with E-state index in [1.165, 1.54) is 11.1 Å². The number of carboxylic acid groups (broad SMARTS) is 1. The van der Waals surface area contributed by atoms with E-state index in [9.17, 15) is 4.79 Å². The highest BCUT2D eigenvalue weighted by Gasteiger charge is 2.31. The largest absolute Gasteiger partial charge is 0.479 e. The predicted molar refractivity (Wildman–Crippen MR) is 71.0 cm³/mol. The second-order valence-electron chi connectivity index (χ2n) is 5.36. The van der Waals surface area contributed by atoms with E-state index in [0.29, 0.717) is 12.5 Å². The van der Waals surface area contributed by atoms with E-state index in [4.69, 9.17) is 9.84 Å². The van der Waals surface area contributed by atoms with Gasteiger partial charge in [-0.15, -0.1) is 0 Å². The van der Waals surface area contributed by atoms with Crippen molar-refractivity contribution in [2.75, 3.05) is 6.54 Å². The van der Waals surface area contributed by atoms with Gasteiger partial charge in [0.05, 0.1) is 6.10 Å². The zero-order valence-corrected chi connectivity index (χ0v) is 10.8. The Balaban J connectivity index is 1.53. The number of fused-ring (bicyclic) bond motifs is 1. The molecule has 3 rings (SSSR count). The molecule has 1 aromatic carbocycles. The molecule has 4 nitrogen and oxygen atoms in total. The summed E-state index contributed by atoms with van der Waals surface area (Å²) in [5.74, 6) is -0.839. The molecule has 3 unspecified atom stereocenters. The average molecular weight is 261 g/mol. The van der Waals surface area contributed by atoms with Crippen molar-refractivity contribution in [3.63, 3.8) is 0 Å². The number of carbonyl (C=O) groups is 1. The summed E-state index contributed by atoms with van der Waals surface area (Å²) < 4.78 is 5.51. The number of carboxylic acids is 1. The first-order valence-corrected chi connectivity index (χ1v) is 6.93. The maximum atomic E-state index is 10.8. The van der Waals surface area contributed by atoms with Crippen LogP contribution in [-0.2, 0) is 16.0 Å². The minimum atomic E-state index is -0.839. The van der Waals surface area contributed by atoms with Crippen LogP contribution in [0.1, 0.15) is 36.4 Å². The highest BCUT2D eigenvalue weighted by Crippen LogP contribution is 2.31. The van der Waals surface area contributed by atoms with Gasteiger partial charge in [0.1, 0.15) is 0 Å². The molecule has 1 fully saturated rings. The Kier molecular flexibility index (Phi) is 3.53. The Labute approximate surface area is 112 Å². The Bertz CT molecular complexity index is 474. The normalized spacial score (nSPS) is 29.4. The quantitative estimate of drug-likeness (QED) is 0.869. The number of rotatable bonds is 4. The zero-order valence-electron chi connectivity index (χ0n) is 10.8. The lowest BCUT2D eigenvalue weighted by atomic mass is 10.1. The van der Waals surface area contributed by atoms with E-state index < -0.39 is 12.1 Å². The van der Waals surface area contributed by atoms with Gasteiger partial charge in [0.25, 0.3) is 0 Å². The highest BCUT2D eigenvalue weighted by atomic mass is 16.5. The molecule has 1 aromatic rings. The number of nitrogens with one attached hydrogen (secondary N) is 1. The summed E-state index contributed by atoms with van der Waals surface area (Å²) >= 11 is 0. The Morgan fingerprint density at radius 3 is 2.95 bits per heavy atom. The molecule has 0 spiro atoms. The molecule has 1 heterocycles. The first-order valence-electron chi connectivity index (χ1n) is 6.93. The number of hydrogen-bond acceptors (Lipinski definition) is 3. The van der Waals surface area contributed by atoms with Crippen molar-refractivity contribution >= 4 is 5.97 Å². The van der Waals surface area contributed by atoms with Crippen molar-refractivity contribution in [2.24, 2.45) is 0 Å². The summed E-state index contributed by atoms with van der Waals surface area (Å²) in [5.41, 5.74) is 2.81. The molecule has 0 bridgehead atoms. The van der Waals surface area contributed by atoms with Crippen LogP contribution in [0.3, 0.4) is 0 Å². The van der Waals surface area contributed by atoms with Crippen molar-refractivity contribution in [3.8, 4) is 0 Å². The third kappa shape index (κ3) is 2.65. The van der Waals surface area contributed by atoms with Gasteiger partial charge in [-0.3, -0.25) is 0 Å². The fourth-order valence-electron chi connectivity index (χ4n) is 3.08. The van der Waals surface area contributed by atoms with E-state index in [1.54, 1.807) is 0 Å². The first-order chi connectivity index (χ1) is 9.24. The SMILES string of the molecule is O=C(O)C1CCC(CNC2CCc3ccccc32)O1. The minimum absolute atomic E-state index is 0.0360. The molecule has 0 aromatic heterocycles. The number of benzene rings is 1. The minimum Gasteiger partial charge on any atom is -0.479 e. The molecule has 2 N–H and O–H groups in total. The number of aryl methyl sites for hydroxylation is 1. The second-order valence-corrected chi connectivity index (χ2v) is 5.36. The van der Waals surface area contributed by atoms with E-state index in [-0.39, 0.29) is 6.10 Å². The molecule has 1 aliphatic heterocycles. The first kappa shape index (κ1) is 12.6. The van der Waals surface area contributed by atoms with Crippen LogP contribution in [0.2, 0.25) is 0 Å². The molecular formula is C15H19NO3. The summed E-state index contributed by atoms with van der Waals surface area (Å²) in [6, 6.07) is 8.91. The fraction of sp³-hybridized carbons (Fsp3) is 0.533. The Morgan fingerprint density at radius 1 is 1.32 bits per heavy atom. The maximum Gasteiger partial charge on any atom is 0.332 e. The maximum absolute atomic E-state index is 10.8. The highest BCUT2D eigenvalue weighted by molar-refractivity contribution is 5.72. The van der Waals surface area contributed by atoms with Gasteiger partial charge in [0.15, 0.2) is 6.10 Å². The van der Waals surface area contributed by atoms with Crippen LogP contribution >= 0.6 is 0 Å². The van der Waals surface area contributed by atoms with E-state index >= 15 is 0 Å². The van der Waals surface area contributed by atoms with Crippen LogP contribution < -0.4 is 5.32 Å². The molecule has 3 atom stereocenters. The van der Waals surface area contributed by atoms with Gasteiger partial charge in [-0.05, 0) is 36.8 Å². The molecule has 4 heteroatoms. The van der Waals surface area contributed by atoms with Gasteiger partial charge < -0.3 is 15.2 Å². The van der Waals surface area contributed by atoms with Gasteiger partial charge >= 0.3 is 5.97 Å². The van der Waals surface area contributed by atoms with Crippen molar-refractivity contribution < 1.29 is 14.6 Å². The number of aliphatic carboxylic acids is 1. The summed E-state index contributed by atoms with van der Waals surface area (Å²) in [5, 5.41) is 12.4. The van der Waals surface area contributed by atoms with Crippen LogP contribution in [0.5, 0.6) is 0 Å². The summed E-state index contributed by atoms with van der Waals surface area (Å²) in [7, 11) is 0. The van der Waals surface area contributed by atoms with Crippen molar-refractivity contribution in [1.82, 2.24) is 5.32 Å². The average Bonchev–Trinajstić information content (AvgIpc) is 3.03. The van der Waals surface area contributed by atoms with Gasteiger partial charge in [-0.1, -0.05) is 24.3 Å². The summed E-state index contributed by atoms with van der Waals surface area (Å²) in [4.78, 5) is 10.8. The molecule has 0 saturated carbocycles. The lowest BCUT2D eigenvalue weighted by Crippen LogP contribution is -2.30. The smallest absolute Gasteiger partial charge is 0.332 e. The molecule has 1 saturated heterocycles. The van der Waals surface area contributed by atoms with Gasteiger partial charge in [-0.2, -0.15) is 0 Å². The molecular weight excluding hydrogens is 242 g/mol. The standard InChI is InChI=1S/C15H19NO3/c17-15(18)14-8-6-11(19-14)9-16-13-7-5-10-3-1-2-4-12(10)13/h1-4,11,13-14,16H,5-9H2,(H,17,18). The van der Waals surface area contributed by atoms with E-state index in [2.05, 4.69) is 29.6 Å². The molecule has 102 valence electrons. The Hall–Kier alpha value is -1.39. The van der Waals surface area contributed by atoms with E-state index in [0.717, 1.165) is 25.8 Å². The predicted octanol–water partition coefficient (Wildman–Crippen LogP) is 1.90. The topological polar surface area (TPSA) is 58.6 Å². The van der Waals surface area contributed by atoms with Gasteiger partial charge in [0.2, 0.25) is 0 Å². The van der Waals surface area contributed by atoms with Crippen molar-refractivity contribution in [1.29, 1.82) is 0 Å². The van der Waals surface area contributed by atoms with E-state index in [1.807, 2.05) is 0 Å². The Morgan fingerprint density at radius 2 is 2.16 bits per heavy atom. The molecule has 0 amide bonds. The van der Waals surface area contributed by atoms with Gasteiger partial charge in [-0.25, -0.2) is 4.79 Å². The summed E-state index contributed by atoms with van der Waals surface area (Å²) in [6.07, 6.45) is 3.13. The monoisotopic (exact) mass is 261 g/mol. The molecule has 0 radical (unpaired) electrons. The van der Waals surface area contributed by atoms with Crippen LogP contribution in [0.25, 0.3) is 0 Å². The van der Waals surface area contributed by atoms with Gasteiger partial charge in [0, 0.05) is 12.6 Å². The lowest BCUT2D eigenvalue weighted by Gasteiger charge is -2.17. The third-order valence-corrected chi connectivity index (χ3v) is 4.11. The second kappa shape index (κ2) is 5.31. The summed E-state index contributed by atoms with van der Waals surface area (Å²) in [6.45, 7) is 0.739. The van der Waals surface area contributed by atoms with Crippen molar-refractivity contribution in [3.05, 3.63) is 35.4 Å². The van der Waals surface area contributed by atoms with Crippen molar-refractivity contribution in [2.45, 2.75) is 43.9 Å². The molecule has 2 aliphatic rings. The molecule has 19 heavy (non-hydrogen) atoms. The lowest BCUT2D eigenvalue weighted by molar-refractivity contribution is -0.149. The third-order valence-electron chi connectivity index (χ3n) is 4.11. The van der Waals surface area contributed by atoms with Crippen LogP contribution in [0, 0.1) is 0 Å². The fourth-order valence-corrected chi connectivity index (χ4v) is 3.08. The molecule has 1 aliphatic carbocycles. The number of hydrogen-bond donors (Lipinski definition) is 2. The van der Waals surface area contributed by atoms with Crippen LogP contribution in [-0.4, -0.2) is 29.8 Å².